The molecule has 0 amide bonds. The molecule has 0 spiro atoms. The van der Waals surface area contributed by atoms with Crippen molar-refractivity contribution in [2.75, 3.05) is 13.2 Å². The van der Waals surface area contributed by atoms with Gasteiger partial charge in [-0.25, -0.2) is 0 Å². The molecule has 1 aromatic carbocycles. The van der Waals surface area contributed by atoms with Crippen LogP contribution in [0, 0.1) is 28.9 Å². The molecule has 2 atom stereocenters. The zero-order valence-electron chi connectivity index (χ0n) is 11.9. The van der Waals surface area contributed by atoms with Crippen molar-refractivity contribution in [1.29, 1.82) is 0 Å². The number of aryl methyl sites for hydroxylation is 1. The number of benzene rings is 1. The average Bonchev–Trinajstić information content (AvgIpc) is 2.46. The van der Waals surface area contributed by atoms with Crippen molar-refractivity contribution in [2.45, 2.75) is 32.6 Å². The normalized spacial score (nSPS) is 22.5. The SMILES string of the molecule is Cc1ccc([N+](=O)[O-])cc1OCC1CCCCC1CN. The van der Waals surface area contributed by atoms with Gasteiger partial charge in [-0.3, -0.25) is 10.1 Å². The second-order valence-electron chi connectivity index (χ2n) is 5.56. The Morgan fingerprint density at radius 2 is 2.05 bits per heavy atom. The molecular formula is C15H22N2O3. The highest BCUT2D eigenvalue weighted by Gasteiger charge is 2.24. The number of nitrogens with two attached hydrogens (primary N) is 1. The maximum atomic E-state index is 10.8. The van der Waals surface area contributed by atoms with E-state index in [-0.39, 0.29) is 5.69 Å². The van der Waals surface area contributed by atoms with Gasteiger partial charge in [-0.15, -0.1) is 0 Å². The van der Waals surface area contributed by atoms with E-state index in [9.17, 15) is 10.1 Å². The Bertz CT molecular complexity index is 476. The Hall–Kier alpha value is -1.62. The van der Waals surface area contributed by atoms with Crippen LogP contribution < -0.4 is 10.5 Å². The second-order valence-corrected chi connectivity index (χ2v) is 5.56. The number of rotatable bonds is 5. The maximum Gasteiger partial charge on any atom is 0.273 e. The highest BCUT2D eigenvalue weighted by atomic mass is 16.6. The number of non-ortho nitro benzene ring substituents is 1. The molecule has 1 fully saturated rings. The predicted octanol–water partition coefficient (Wildman–Crippen LogP) is 3.05. The van der Waals surface area contributed by atoms with E-state index in [4.69, 9.17) is 10.5 Å². The van der Waals surface area contributed by atoms with Crippen molar-refractivity contribution in [3.8, 4) is 5.75 Å². The Morgan fingerprint density at radius 3 is 2.70 bits per heavy atom. The molecule has 0 bridgehead atoms. The van der Waals surface area contributed by atoms with Crippen molar-refractivity contribution in [2.24, 2.45) is 17.6 Å². The van der Waals surface area contributed by atoms with Crippen LogP contribution in [-0.2, 0) is 0 Å². The first-order chi connectivity index (χ1) is 9.61. The van der Waals surface area contributed by atoms with Gasteiger partial charge >= 0.3 is 0 Å². The summed E-state index contributed by atoms with van der Waals surface area (Å²) >= 11 is 0. The predicted molar refractivity (Wildman–Crippen MR) is 77.8 cm³/mol. The van der Waals surface area contributed by atoms with E-state index < -0.39 is 4.92 Å². The summed E-state index contributed by atoms with van der Waals surface area (Å²) in [6.07, 6.45) is 4.76. The van der Waals surface area contributed by atoms with Crippen molar-refractivity contribution in [3.63, 3.8) is 0 Å². The van der Waals surface area contributed by atoms with Crippen molar-refractivity contribution < 1.29 is 9.66 Å². The molecule has 0 aromatic heterocycles. The summed E-state index contributed by atoms with van der Waals surface area (Å²) in [6, 6.07) is 4.75. The molecule has 20 heavy (non-hydrogen) atoms. The molecule has 0 radical (unpaired) electrons. The number of nitrogens with zero attached hydrogens (tertiary/aromatic N) is 1. The molecule has 2 rings (SSSR count). The van der Waals surface area contributed by atoms with Crippen molar-refractivity contribution in [1.82, 2.24) is 0 Å². The van der Waals surface area contributed by atoms with Gasteiger partial charge in [0.2, 0.25) is 0 Å². The van der Waals surface area contributed by atoms with Crippen LogP contribution in [0.3, 0.4) is 0 Å². The fourth-order valence-corrected chi connectivity index (χ4v) is 2.87. The zero-order chi connectivity index (χ0) is 14.5. The van der Waals surface area contributed by atoms with E-state index in [0.717, 1.165) is 12.0 Å². The minimum atomic E-state index is -0.393. The summed E-state index contributed by atoms with van der Waals surface area (Å²) in [4.78, 5) is 10.4. The maximum absolute atomic E-state index is 10.8. The highest BCUT2D eigenvalue weighted by molar-refractivity contribution is 5.43. The van der Waals surface area contributed by atoms with Gasteiger partial charge in [0.1, 0.15) is 5.75 Å². The van der Waals surface area contributed by atoms with Crippen LogP contribution in [0.5, 0.6) is 5.75 Å². The fraction of sp³-hybridized carbons (Fsp3) is 0.600. The molecule has 2 N–H and O–H groups in total. The number of nitro groups is 1. The molecule has 2 unspecified atom stereocenters. The zero-order valence-corrected chi connectivity index (χ0v) is 11.9. The van der Waals surface area contributed by atoms with Gasteiger partial charge in [0.05, 0.1) is 17.6 Å². The lowest BCUT2D eigenvalue weighted by Crippen LogP contribution is -2.30. The molecule has 1 aliphatic rings. The molecule has 0 heterocycles. The summed E-state index contributed by atoms with van der Waals surface area (Å²) in [7, 11) is 0. The minimum absolute atomic E-state index is 0.0737. The van der Waals surface area contributed by atoms with E-state index in [1.54, 1.807) is 6.07 Å². The van der Waals surface area contributed by atoms with Crippen molar-refractivity contribution >= 4 is 5.69 Å². The highest BCUT2D eigenvalue weighted by Crippen LogP contribution is 2.31. The van der Waals surface area contributed by atoms with Crippen LogP contribution >= 0.6 is 0 Å². The summed E-state index contributed by atoms with van der Waals surface area (Å²) in [6.45, 7) is 3.20. The number of nitro benzene ring substituents is 1. The molecule has 5 heteroatoms. The molecule has 1 aliphatic carbocycles. The van der Waals surface area contributed by atoms with E-state index >= 15 is 0 Å². The van der Waals surface area contributed by atoms with Gasteiger partial charge in [0.15, 0.2) is 0 Å². The van der Waals surface area contributed by atoms with E-state index in [1.807, 2.05) is 6.92 Å². The first-order valence-corrected chi connectivity index (χ1v) is 7.19. The van der Waals surface area contributed by atoms with Gasteiger partial charge < -0.3 is 10.5 Å². The van der Waals surface area contributed by atoms with E-state index in [0.29, 0.717) is 30.7 Å². The smallest absolute Gasteiger partial charge is 0.273 e. The van der Waals surface area contributed by atoms with Crippen LogP contribution in [0.2, 0.25) is 0 Å². The standard InChI is InChI=1S/C15H22N2O3/c1-11-6-7-14(17(18)19)8-15(11)20-10-13-5-3-2-4-12(13)9-16/h6-8,12-13H,2-5,9-10,16H2,1H3. The van der Waals surface area contributed by atoms with Crippen LogP contribution in [0.4, 0.5) is 5.69 Å². The Labute approximate surface area is 119 Å². The monoisotopic (exact) mass is 278 g/mol. The topological polar surface area (TPSA) is 78.4 Å². The third-order valence-electron chi connectivity index (χ3n) is 4.20. The molecule has 1 saturated carbocycles. The average molecular weight is 278 g/mol. The Balaban J connectivity index is 2.02. The molecule has 0 saturated heterocycles. The molecular weight excluding hydrogens is 256 g/mol. The summed E-state index contributed by atoms with van der Waals surface area (Å²) in [5.74, 6) is 1.59. The van der Waals surface area contributed by atoms with Crippen LogP contribution in [0.25, 0.3) is 0 Å². The second kappa shape index (κ2) is 6.70. The molecule has 110 valence electrons. The van der Waals surface area contributed by atoms with Gasteiger partial charge in [-0.05, 0) is 49.8 Å². The molecule has 5 nitrogen and oxygen atoms in total. The van der Waals surface area contributed by atoms with Crippen LogP contribution in [-0.4, -0.2) is 18.1 Å². The largest absolute Gasteiger partial charge is 0.493 e. The lowest BCUT2D eigenvalue weighted by molar-refractivity contribution is -0.385. The lowest BCUT2D eigenvalue weighted by atomic mass is 9.80. The first-order valence-electron chi connectivity index (χ1n) is 7.19. The quantitative estimate of drug-likeness (QED) is 0.663. The van der Waals surface area contributed by atoms with Gasteiger partial charge in [-0.2, -0.15) is 0 Å². The Kier molecular flexibility index (Phi) is 4.95. The Morgan fingerprint density at radius 1 is 1.35 bits per heavy atom. The summed E-state index contributed by atoms with van der Waals surface area (Å²) in [5, 5.41) is 10.8. The van der Waals surface area contributed by atoms with Gasteiger partial charge in [-0.1, -0.05) is 12.8 Å². The van der Waals surface area contributed by atoms with Crippen molar-refractivity contribution in [3.05, 3.63) is 33.9 Å². The third kappa shape index (κ3) is 3.48. The lowest BCUT2D eigenvalue weighted by Gasteiger charge is -2.30. The summed E-state index contributed by atoms with van der Waals surface area (Å²) in [5.41, 5.74) is 6.81. The molecule has 0 aliphatic heterocycles. The van der Waals surface area contributed by atoms with Crippen LogP contribution in [0.1, 0.15) is 31.2 Å². The third-order valence-corrected chi connectivity index (χ3v) is 4.20. The minimum Gasteiger partial charge on any atom is -0.493 e. The van der Waals surface area contributed by atoms with Gasteiger partial charge in [0, 0.05) is 6.07 Å². The van der Waals surface area contributed by atoms with Crippen LogP contribution in [0.15, 0.2) is 18.2 Å². The fourth-order valence-electron chi connectivity index (χ4n) is 2.87. The van der Waals surface area contributed by atoms with E-state index in [2.05, 4.69) is 0 Å². The first kappa shape index (κ1) is 14.8. The number of hydrogen-bond acceptors (Lipinski definition) is 4. The van der Waals surface area contributed by atoms with E-state index in [1.165, 1.54) is 31.4 Å². The number of hydrogen-bond donors (Lipinski definition) is 1. The van der Waals surface area contributed by atoms with Gasteiger partial charge in [0.25, 0.3) is 5.69 Å². The summed E-state index contributed by atoms with van der Waals surface area (Å²) < 4.78 is 5.84. The number of ether oxygens (including phenoxy) is 1. The molecule has 1 aromatic rings.